The van der Waals surface area contributed by atoms with Crippen molar-refractivity contribution >= 4 is 0 Å². The normalized spacial score (nSPS) is 20.5. The van der Waals surface area contributed by atoms with E-state index in [0.717, 1.165) is 13.2 Å². The van der Waals surface area contributed by atoms with E-state index in [0.29, 0.717) is 12.0 Å². The maximum absolute atomic E-state index is 5.74. The van der Waals surface area contributed by atoms with E-state index in [-0.39, 0.29) is 6.29 Å². The van der Waals surface area contributed by atoms with E-state index in [2.05, 4.69) is 5.32 Å². The molecule has 0 aliphatic heterocycles. The lowest BCUT2D eigenvalue weighted by atomic mass is 9.91. The fourth-order valence-electron chi connectivity index (χ4n) is 2.85. The monoisotopic (exact) mass is 243 g/mol. The summed E-state index contributed by atoms with van der Waals surface area (Å²) < 4.78 is 11.5. The van der Waals surface area contributed by atoms with E-state index < -0.39 is 0 Å². The Morgan fingerprint density at radius 1 is 1.00 bits per heavy atom. The van der Waals surface area contributed by atoms with Crippen molar-refractivity contribution in [3.63, 3.8) is 0 Å². The van der Waals surface area contributed by atoms with Gasteiger partial charge in [-0.25, -0.2) is 0 Å². The summed E-state index contributed by atoms with van der Waals surface area (Å²) in [7, 11) is 2.03. The van der Waals surface area contributed by atoms with Crippen LogP contribution in [-0.4, -0.2) is 32.6 Å². The van der Waals surface area contributed by atoms with E-state index >= 15 is 0 Å². The highest BCUT2D eigenvalue weighted by Crippen LogP contribution is 2.27. The van der Waals surface area contributed by atoms with Gasteiger partial charge >= 0.3 is 0 Å². The first-order valence-electron chi connectivity index (χ1n) is 7.23. The van der Waals surface area contributed by atoms with Gasteiger partial charge in [-0.2, -0.15) is 0 Å². The first-order valence-corrected chi connectivity index (χ1v) is 7.23. The maximum atomic E-state index is 5.74. The molecule has 1 atom stereocenters. The quantitative estimate of drug-likeness (QED) is 0.551. The molecule has 102 valence electrons. The van der Waals surface area contributed by atoms with Gasteiger partial charge in [0, 0.05) is 13.2 Å². The minimum Gasteiger partial charge on any atom is -0.351 e. The topological polar surface area (TPSA) is 30.5 Å². The summed E-state index contributed by atoms with van der Waals surface area (Å²) in [6, 6.07) is 0.341. The summed E-state index contributed by atoms with van der Waals surface area (Å²) in [5.41, 5.74) is 0. The Morgan fingerprint density at radius 2 is 1.53 bits per heavy atom. The second-order valence-corrected chi connectivity index (χ2v) is 4.85. The van der Waals surface area contributed by atoms with Crippen molar-refractivity contribution < 1.29 is 9.47 Å². The summed E-state index contributed by atoms with van der Waals surface area (Å²) >= 11 is 0. The molecule has 17 heavy (non-hydrogen) atoms. The molecule has 1 saturated carbocycles. The molecule has 1 aliphatic rings. The zero-order valence-corrected chi connectivity index (χ0v) is 11.7. The molecule has 3 heteroatoms. The number of hydrogen-bond donors (Lipinski definition) is 1. The molecule has 0 heterocycles. The molecule has 1 fully saturated rings. The van der Waals surface area contributed by atoms with Crippen molar-refractivity contribution in [1.29, 1.82) is 0 Å². The third kappa shape index (κ3) is 4.94. The van der Waals surface area contributed by atoms with E-state index in [1.165, 1.54) is 38.5 Å². The lowest BCUT2D eigenvalue weighted by Crippen LogP contribution is -2.46. The average Bonchev–Trinajstić information content (AvgIpc) is 2.60. The number of ether oxygens (including phenoxy) is 2. The van der Waals surface area contributed by atoms with Crippen LogP contribution in [0.25, 0.3) is 0 Å². The van der Waals surface area contributed by atoms with Crippen LogP contribution < -0.4 is 5.32 Å². The van der Waals surface area contributed by atoms with Crippen LogP contribution in [0.4, 0.5) is 0 Å². The molecule has 0 bridgehead atoms. The van der Waals surface area contributed by atoms with Gasteiger partial charge < -0.3 is 14.8 Å². The molecule has 0 aromatic heterocycles. The predicted octanol–water partition coefficient (Wildman–Crippen LogP) is 2.94. The summed E-state index contributed by atoms with van der Waals surface area (Å²) in [6.45, 7) is 5.50. The smallest absolute Gasteiger partial charge is 0.172 e. The van der Waals surface area contributed by atoms with Crippen LogP contribution in [0, 0.1) is 5.92 Å². The van der Waals surface area contributed by atoms with Gasteiger partial charge in [-0.05, 0) is 39.7 Å². The molecule has 1 aliphatic carbocycles. The molecular weight excluding hydrogens is 214 g/mol. The predicted molar refractivity (Wildman–Crippen MR) is 71.1 cm³/mol. The van der Waals surface area contributed by atoms with Crippen molar-refractivity contribution in [1.82, 2.24) is 5.32 Å². The minimum absolute atomic E-state index is 0.0851. The van der Waals surface area contributed by atoms with Gasteiger partial charge in [0.15, 0.2) is 6.29 Å². The summed E-state index contributed by atoms with van der Waals surface area (Å²) in [6.07, 6.45) is 8.02. The zero-order valence-electron chi connectivity index (χ0n) is 11.7. The van der Waals surface area contributed by atoms with E-state index in [9.17, 15) is 0 Å². The van der Waals surface area contributed by atoms with Crippen LogP contribution in [0.2, 0.25) is 0 Å². The van der Waals surface area contributed by atoms with Crippen LogP contribution in [-0.2, 0) is 9.47 Å². The number of hydrogen-bond acceptors (Lipinski definition) is 3. The van der Waals surface area contributed by atoms with Crippen molar-refractivity contribution in [2.24, 2.45) is 5.92 Å². The lowest BCUT2D eigenvalue weighted by Gasteiger charge is -2.32. The highest BCUT2D eigenvalue weighted by atomic mass is 16.7. The SMILES string of the molecule is CCOC(OCC)C(NC)C1CCCCCC1. The molecule has 0 saturated heterocycles. The Hall–Kier alpha value is -0.120. The van der Waals surface area contributed by atoms with Crippen molar-refractivity contribution in [2.45, 2.75) is 64.7 Å². The Labute approximate surface area is 106 Å². The largest absolute Gasteiger partial charge is 0.351 e. The van der Waals surface area contributed by atoms with Crippen molar-refractivity contribution in [3.8, 4) is 0 Å². The van der Waals surface area contributed by atoms with Gasteiger partial charge in [0.2, 0.25) is 0 Å². The van der Waals surface area contributed by atoms with E-state index in [4.69, 9.17) is 9.47 Å². The summed E-state index contributed by atoms with van der Waals surface area (Å²) in [5.74, 6) is 0.700. The van der Waals surface area contributed by atoms with Crippen LogP contribution in [0.1, 0.15) is 52.4 Å². The highest BCUT2D eigenvalue weighted by molar-refractivity contribution is 4.80. The molecule has 0 aromatic rings. The van der Waals surface area contributed by atoms with Crippen LogP contribution >= 0.6 is 0 Å². The van der Waals surface area contributed by atoms with Crippen LogP contribution in [0.5, 0.6) is 0 Å². The third-order valence-corrected chi connectivity index (χ3v) is 3.70. The Morgan fingerprint density at radius 3 is 1.94 bits per heavy atom. The highest BCUT2D eigenvalue weighted by Gasteiger charge is 2.29. The zero-order chi connectivity index (χ0) is 12.5. The molecule has 1 unspecified atom stereocenters. The number of nitrogens with one attached hydrogen (secondary N) is 1. The van der Waals surface area contributed by atoms with Gasteiger partial charge in [-0.1, -0.05) is 25.7 Å². The van der Waals surface area contributed by atoms with Crippen LogP contribution in [0.15, 0.2) is 0 Å². The molecule has 0 aromatic carbocycles. The molecule has 1 rings (SSSR count). The minimum atomic E-state index is -0.0851. The number of rotatable bonds is 7. The summed E-state index contributed by atoms with van der Waals surface area (Å²) in [5, 5.41) is 3.42. The van der Waals surface area contributed by atoms with Gasteiger partial charge in [-0.15, -0.1) is 0 Å². The maximum Gasteiger partial charge on any atom is 0.172 e. The van der Waals surface area contributed by atoms with Crippen molar-refractivity contribution in [3.05, 3.63) is 0 Å². The molecule has 0 spiro atoms. The third-order valence-electron chi connectivity index (χ3n) is 3.70. The molecule has 0 amide bonds. The second kappa shape index (κ2) is 8.90. The van der Waals surface area contributed by atoms with Gasteiger partial charge in [-0.3, -0.25) is 0 Å². The van der Waals surface area contributed by atoms with Crippen molar-refractivity contribution in [2.75, 3.05) is 20.3 Å². The van der Waals surface area contributed by atoms with Gasteiger partial charge in [0.25, 0.3) is 0 Å². The molecule has 0 radical (unpaired) electrons. The molecule has 1 N–H and O–H groups in total. The molecule has 3 nitrogen and oxygen atoms in total. The van der Waals surface area contributed by atoms with Gasteiger partial charge in [0.05, 0.1) is 6.04 Å². The Kier molecular flexibility index (Phi) is 7.82. The van der Waals surface area contributed by atoms with E-state index in [1.54, 1.807) is 0 Å². The Bertz CT molecular complexity index is 171. The second-order valence-electron chi connectivity index (χ2n) is 4.85. The fraction of sp³-hybridized carbons (Fsp3) is 1.00. The Balaban J connectivity index is 2.57. The van der Waals surface area contributed by atoms with Gasteiger partial charge in [0.1, 0.15) is 0 Å². The lowest BCUT2D eigenvalue weighted by molar-refractivity contribution is -0.162. The van der Waals surface area contributed by atoms with Crippen LogP contribution in [0.3, 0.4) is 0 Å². The average molecular weight is 243 g/mol. The molecular formula is C14H29NO2. The fourth-order valence-corrected chi connectivity index (χ4v) is 2.85. The standard InChI is InChI=1S/C14H29NO2/c1-4-16-14(17-5-2)13(15-3)12-10-8-6-7-9-11-12/h12-15H,4-11H2,1-3H3. The summed E-state index contributed by atoms with van der Waals surface area (Å²) in [4.78, 5) is 0. The first-order chi connectivity index (χ1) is 8.33. The van der Waals surface area contributed by atoms with E-state index in [1.807, 2.05) is 20.9 Å². The number of likely N-dealkylation sites (N-methyl/N-ethyl adjacent to an activating group) is 1. The first kappa shape index (κ1) is 14.9.